The molecule has 0 radical (unpaired) electrons. The van der Waals surface area contributed by atoms with Gasteiger partial charge in [-0.2, -0.15) is 13.2 Å². The number of hydrogen-bond donors (Lipinski definition) is 0. The SMILES string of the molecule is O=C(/C=C1\C=CC=CN1c1ccccn1)C(F)(F)F. The van der Waals surface area contributed by atoms with Gasteiger partial charge in [-0.1, -0.05) is 12.1 Å². The second-order valence-corrected chi connectivity index (χ2v) is 3.69. The van der Waals surface area contributed by atoms with Crippen molar-refractivity contribution in [3.63, 3.8) is 0 Å². The number of carbonyl (C=O) groups excluding carboxylic acids is 1. The fourth-order valence-electron chi connectivity index (χ4n) is 1.49. The van der Waals surface area contributed by atoms with E-state index in [9.17, 15) is 18.0 Å². The minimum atomic E-state index is -4.88. The normalized spacial score (nSPS) is 17.0. The largest absolute Gasteiger partial charge is 0.454 e. The minimum Gasteiger partial charge on any atom is -0.302 e. The standard InChI is InChI=1S/C13H9F3N2O/c14-13(15,16)11(19)9-10-5-2-4-8-18(10)12-6-1-3-7-17-12/h1-9H/b10-9+. The third-order valence-corrected chi connectivity index (χ3v) is 2.35. The van der Waals surface area contributed by atoms with Crippen molar-refractivity contribution in [2.75, 3.05) is 4.90 Å². The van der Waals surface area contributed by atoms with E-state index in [0.717, 1.165) is 0 Å². The molecule has 19 heavy (non-hydrogen) atoms. The molecule has 0 fully saturated rings. The van der Waals surface area contributed by atoms with Crippen LogP contribution >= 0.6 is 0 Å². The van der Waals surface area contributed by atoms with Gasteiger partial charge in [0, 0.05) is 18.5 Å². The molecule has 0 amide bonds. The number of pyridine rings is 1. The number of nitrogens with zero attached hydrogens (tertiary/aromatic N) is 2. The van der Waals surface area contributed by atoms with Crippen LogP contribution in [0.15, 0.2) is 60.6 Å². The summed E-state index contributed by atoms with van der Waals surface area (Å²) in [5.74, 6) is -1.47. The van der Waals surface area contributed by atoms with Crippen LogP contribution in [0.4, 0.5) is 19.0 Å². The van der Waals surface area contributed by atoms with E-state index < -0.39 is 12.0 Å². The summed E-state index contributed by atoms with van der Waals surface area (Å²) in [4.78, 5) is 16.4. The highest BCUT2D eigenvalue weighted by Crippen LogP contribution is 2.23. The maximum atomic E-state index is 12.3. The van der Waals surface area contributed by atoms with Gasteiger partial charge < -0.3 is 4.90 Å². The van der Waals surface area contributed by atoms with Crippen molar-refractivity contribution in [1.82, 2.24) is 4.98 Å². The number of alkyl halides is 3. The summed E-state index contributed by atoms with van der Waals surface area (Å²) in [6, 6.07) is 5.03. The third kappa shape index (κ3) is 3.09. The zero-order chi connectivity index (χ0) is 13.9. The Morgan fingerprint density at radius 1 is 1.26 bits per heavy atom. The Bertz CT molecular complexity index is 559. The molecule has 0 N–H and O–H groups in total. The van der Waals surface area contributed by atoms with Crippen molar-refractivity contribution in [2.24, 2.45) is 0 Å². The molecule has 1 aliphatic rings. The van der Waals surface area contributed by atoms with Gasteiger partial charge in [-0.3, -0.25) is 4.79 Å². The lowest BCUT2D eigenvalue weighted by Gasteiger charge is -2.22. The molecule has 98 valence electrons. The summed E-state index contributed by atoms with van der Waals surface area (Å²) < 4.78 is 36.8. The van der Waals surface area contributed by atoms with Crippen LogP contribution in [0, 0.1) is 0 Å². The lowest BCUT2D eigenvalue weighted by Crippen LogP contribution is -2.24. The molecule has 0 saturated carbocycles. The van der Waals surface area contributed by atoms with Crippen LogP contribution in [0.5, 0.6) is 0 Å². The first-order valence-electron chi connectivity index (χ1n) is 5.36. The zero-order valence-corrected chi connectivity index (χ0v) is 9.63. The van der Waals surface area contributed by atoms with E-state index in [2.05, 4.69) is 4.98 Å². The van der Waals surface area contributed by atoms with E-state index >= 15 is 0 Å². The first kappa shape index (κ1) is 13.1. The van der Waals surface area contributed by atoms with Crippen LogP contribution in [0.25, 0.3) is 0 Å². The van der Waals surface area contributed by atoms with Crippen molar-refractivity contribution in [2.45, 2.75) is 6.18 Å². The molecule has 3 nitrogen and oxygen atoms in total. The van der Waals surface area contributed by atoms with Crippen molar-refractivity contribution >= 4 is 11.6 Å². The summed E-state index contributed by atoms with van der Waals surface area (Å²) >= 11 is 0. The van der Waals surface area contributed by atoms with Gasteiger partial charge in [0.1, 0.15) is 5.82 Å². The van der Waals surface area contributed by atoms with Gasteiger partial charge in [-0.25, -0.2) is 4.98 Å². The van der Waals surface area contributed by atoms with Crippen LogP contribution in [-0.2, 0) is 4.79 Å². The highest BCUT2D eigenvalue weighted by Gasteiger charge is 2.37. The molecule has 0 saturated heterocycles. The van der Waals surface area contributed by atoms with E-state index in [1.165, 1.54) is 23.4 Å². The van der Waals surface area contributed by atoms with E-state index in [1.807, 2.05) is 0 Å². The fraction of sp³-hybridized carbons (Fsp3) is 0.0769. The number of ketones is 1. The van der Waals surface area contributed by atoms with Crippen LogP contribution < -0.4 is 4.90 Å². The highest BCUT2D eigenvalue weighted by molar-refractivity contribution is 5.96. The van der Waals surface area contributed by atoms with E-state index in [1.54, 1.807) is 30.4 Å². The number of halogens is 3. The molecule has 2 rings (SSSR count). The molecule has 0 aromatic carbocycles. The first-order chi connectivity index (χ1) is 8.98. The second-order valence-electron chi connectivity index (χ2n) is 3.69. The van der Waals surface area contributed by atoms with Crippen molar-refractivity contribution in [3.8, 4) is 0 Å². The third-order valence-electron chi connectivity index (χ3n) is 2.35. The van der Waals surface area contributed by atoms with Gasteiger partial charge in [0.2, 0.25) is 0 Å². The smallest absolute Gasteiger partial charge is 0.302 e. The number of rotatable bonds is 2. The fourth-order valence-corrected chi connectivity index (χ4v) is 1.49. The topological polar surface area (TPSA) is 33.2 Å². The number of allylic oxidation sites excluding steroid dienone is 4. The molecule has 0 aliphatic carbocycles. The molecule has 6 heteroatoms. The zero-order valence-electron chi connectivity index (χ0n) is 9.63. The van der Waals surface area contributed by atoms with E-state index in [-0.39, 0.29) is 5.70 Å². The van der Waals surface area contributed by atoms with Crippen molar-refractivity contribution in [1.29, 1.82) is 0 Å². The Morgan fingerprint density at radius 3 is 2.68 bits per heavy atom. The Morgan fingerprint density at radius 2 is 2.05 bits per heavy atom. The van der Waals surface area contributed by atoms with Crippen LogP contribution in [0.2, 0.25) is 0 Å². The van der Waals surface area contributed by atoms with Crippen LogP contribution in [-0.4, -0.2) is 16.9 Å². The molecule has 1 aliphatic heterocycles. The minimum absolute atomic E-state index is 0.114. The quantitative estimate of drug-likeness (QED) is 0.771. The van der Waals surface area contributed by atoms with E-state index in [0.29, 0.717) is 11.9 Å². The summed E-state index contributed by atoms with van der Waals surface area (Å²) in [6.07, 6.45) is 3.34. The first-order valence-corrected chi connectivity index (χ1v) is 5.36. The number of carbonyl (C=O) groups is 1. The van der Waals surface area contributed by atoms with Gasteiger partial charge in [0.15, 0.2) is 0 Å². The van der Waals surface area contributed by atoms with Crippen molar-refractivity contribution in [3.05, 3.63) is 60.6 Å². The summed E-state index contributed by atoms with van der Waals surface area (Å²) in [5, 5.41) is 0. The molecular weight excluding hydrogens is 257 g/mol. The maximum absolute atomic E-state index is 12.3. The highest BCUT2D eigenvalue weighted by atomic mass is 19.4. The van der Waals surface area contributed by atoms with Crippen molar-refractivity contribution < 1.29 is 18.0 Å². The summed E-state index contributed by atoms with van der Waals surface area (Å²) in [7, 11) is 0. The van der Waals surface area contributed by atoms with Gasteiger partial charge in [-0.15, -0.1) is 0 Å². The van der Waals surface area contributed by atoms with Gasteiger partial charge in [0.25, 0.3) is 5.78 Å². The molecule has 0 spiro atoms. The molecule has 1 aromatic rings. The predicted molar refractivity (Wildman–Crippen MR) is 64.1 cm³/mol. The van der Waals surface area contributed by atoms with Gasteiger partial charge >= 0.3 is 6.18 Å². The number of aromatic nitrogens is 1. The molecule has 0 bridgehead atoms. The number of anilines is 1. The molecule has 2 heterocycles. The van der Waals surface area contributed by atoms with Crippen LogP contribution in [0.1, 0.15) is 0 Å². The number of hydrogen-bond acceptors (Lipinski definition) is 3. The lowest BCUT2D eigenvalue weighted by atomic mass is 10.2. The second kappa shape index (κ2) is 5.09. The van der Waals surface area contributed by atoms with E-state index in [4.69, 9.17) is 0 Å². The monoisotopic (exact) mass is 266 g/mol. The van der Waals surface area contributed by atoms with Gasteiger partial charge in [-0.05, 0) is 24.3 Å². The Kier molecular flexibility index (Phi) is 3.50. The average Bonchev–Trinajstić information content (AvgIpc) is 2.39. The summed E-state index contributed by atoms with van der Waals surface area (Å²) in [5.41, 5.74) is 0.114. The Labute approximate surface area is 107 Å². The molecule has 0 atom stereocenters. The average molecular weight is 266 g/mol. The van der Waals surface area contributed by atoms with Crippen LogP contribution in [0.3, 0.4) is 0 Å². The van der Waals surface area contributed by atoms with Gasteiger partial charge in [0.05, 0.1) is 5.70 Å². The summed E-state index contributed by atoms with van der Waals surface area (Å²) in [6.45, 7) is 0. The maximum Gasteiger partial charge on any atom is 0.454 e. The Hall–Kier alpha value is -2.37. The Balaban J connectivity index is 2.33. The predicted octanol–water partition coefficient (Wildman–Crippen LogP) is 2.99. The molecule has 0 unspecified atom stereocenters. The molecule has 1 aromatic heterocycles. The lowest BCUT2D eigenvalue weighted by molar-refractivity contribution is -0.165. The molecular formula is C13H9F3N2O.